The van der Waals surface area contributed by atoms with Crippen LogP contribution in [0.25, 0.3) is 0 Å². The lowest BCUT2D eigenvalue weighted by Gasteiger charge is -2.25. The quantitative estimate of drug-likeness (QED) is 0.388. The molecule has 0 radical (unpaired) electrons. The van der Waals surface area contributed by atoms with Crippen LogP contribution in [-0.2, 0) is 19.1 Å². The van der Waals surface area contributed by atoms with Crippen molar-refractivity contribution in [3.63, 3.8) is 0 Å². The van der Waals surface area contributed by atoms with Crippen LogP contribution in [-0.4, -0.2) is 47.7 Å². The largest absolute Gasteiger partial charge is 0.465 e. The number of ether oxygens (including phenoxy) is 2. The van der Waals surface area contributed by atoms with Gasteiger partial charge >= 0.3 is 11.9 Å². The number of rotatable bonds is 13. The Morgan fingerprint density at radius 3 is 2.24 bits per heavy atom. The molecule has 0 fully saturated rings. The molecule has 0 aromatic rings. The molecule has 148 valence electrons. The van der Waals surface area contributed by atoms with Crippen molar-refractivity contribution >= 4 is 23.7 Å². The van der Waals surface area contributed by atoms with Gasteiger partial charge in [-0.25, -0.2) is 0 Å². The van der Waals surface area contributed by atoms with Gasteiger partial charge in [0.15, 0.2) is 0 Å². The maximum Gasteiger partial charge on any atom is 0.324 e. The zero-order chi connectivity index (χ0) is 19.3. The number of carbonyl (C=O) groups excluding carboxylic acids is 2. The first kappa shape index (κ1) is 24.2. The third-order valence-electron chi connectivity index (χ3n) is 3.46. The fourth-order valence-electron chi connectivity index (χ4n) is 2.20. The lowest BCUT2D eigenvalue weighted by molar-refractivity contribution is -0.157. The minimum atomic E-state index is -0.557. The number of esters is 2. The third kappa shape index (κ3) is 13.2. The van der Waals surface area contributed by atoms with Crippen LogP contribution < -0.4 is 5.32 Å². The maximum atomic E-state index is 12.1. The number of nitrogens with one attached hydrogen (secondary N) is 1. The molecular weight excluding hydrogens is 338 g/mol. The Morgan fingerprint density at radius 2 is 1.68 bits per heavy atom. The Hall–Kier alpha value is -0.750. The van der Waals surface area contributed by atoms with Crippen LogP contribution in [0.5, 0.6) is 0 Å². The fourth-order valence-corrected chi connectivity index (χ4v) is 3.24. The molecule has 0 unspecified atom stereocenters. The molecule has 0 aromatic carbocycles. The monoisotopic (exact) mass is 375 g/mol. The van der Waals surface area contributed by atoms with E-state index in [0.717, 1.165) is 12.2 Å². The predicted octanol–water partition coefficient (Wildman–Crippen LogP) is 3.94. The smallest absolute Gasteiger partial charge is 0.324 e. The highest BCUT2D eigenvalue weighted by atomic mass is 32.2. The first-order valence-corrected chi connectivity index (χ1v) is 10.6. The van der Waals surface area contributed by atoms with E-state index in [0.29, 0.717) is 12.4 Å². The van der Waals surface area contributed by atoms with Crippen LogP contribution in [0.2, 0.25) is 0 Å². The summed E-state index contributed by atoms with van der Waals surface area (Å²) in [4.78, 5) is 24.2. The van der Waals surface area contributed by atoms with Crippen LogP contribution in [0.4, 0.5) is 0 Å². The summed E-state index contributed by atoms with van der Waals surface area (Å²) in [5.74, 6) is 0.949. The summed E-state index contributed by atoms with van der Waals surface area (Å²) >= 11 is 1.72. The maximum absolute atomic E-state index is 12.1. The molecule has 0 aliphatic heterocycles. The van der Waals surface area contributed by atoms with Crippen LogP contribution >= 0.6 is 11.8 Å². The summed E-state index contributed by atoms with van der Waals surface area (Å²) in [6.45, 7) is 11.5. The number of carbonyl (C=O) groups is 2. The van der Waals surface area contributed by atoms with E-state index in [9.17, 15) is 9.59 Å². The molecule has 0 aliphatic carbocycles. The van der Waals surface area contributed by atoms with Gasteiger partial charge in [0.25, 0.3) is 0 Å². The van der Waals surface area contributed by atoms with Crippen molar-refractivity contribution in [3.05, 3.63) is 0 Å². The van der Waals surface area contributed by atoms with Gasteiger partial charge in [-0.15, -0.1) is 0 Å². The minimum absolute atomic E-state index is 0.309. The average molecular weight is 376 g/mol. The standard InChI is InChI=1S/C19H37NO4S/c1-7-9-10-11-12-13-25-14-16(18(22)23-8-2)20-15(3)17(21)24-19(4,5)6/h15-16,20H,7-14H2,1-6H3/t15-,16-/m0/s1. The summed E-state index contributed by atoms with van der Waals surface area (Å²) in [7, 11) is 0. The Kier molecular flexibility index (Phi) is 13.0. The van der Waals surface area contributed by atoms with Gasteiger partial charge in [0, 0.05) is 5.75 Å². The Bertz CT molecular complexity index is 382. The van der Waals surface area contributed by atoms with Crippen LogP contribution in [0.15, 0.2) is 0 Å². The molecule has 0 spiro atoms. The molecule has 0 amide bonds. The molecular formula is C19H37NO4S. The number of thioether (sulfide) groups is 1. The number of hydrogen-bond donors (Lipinski definition) is 1. The van der Waals surface area contributed by atoms with Crippen molar-refractivity contribution in [1.29, 1.82) is 0 Å². The van der Waals surface area contributed by atoms with Gasteiger partial charge in [-0.05, 0) is 46.8 Å². The van der Waals surface area contributed by atoms with Crippen LogP contribution in [0.3, 0.4) is 0 Å². The van der Waals surface area contributed by atoms with E-state index in [1.807, 2.05) is 20.8 Å². The summed E-state index contributed by atoms with van der Waals surface area (Å²) in [5.41, 5.74) is -0.542. The van der Waals surface area contributed by atoms with E-state index in [1.54, 1.807) is 25.6 Å². The van der Waals surface area contributed by atoms with E-state index < -0.39 is 17.7 Å². The summed E-state index contributed by atoms with van der Waals surface area (Å²) < 4.78 is 10.5. The van der Waals surface area contributed by atoms with Crippen molar-refractivity contribution in [2.45, 2.75) is 91.3 Å². The molecule has 0 heterocycles. The Labute approximate surface area is 158 Å². The molecule has 0 saturated heterocycles. The molecule has 2 atom stereocenters. The molecule has 0 rings (SSSR count). The van der Waals surface area contributed by atoms with Crippen LogP contribution in [0, 0.1) is 0 Å². The van der Waals surface area contributed by atoms with Gasteiger partial charge in [-0.1, -0.05) is 32.6 Å². The van der Waals surface area contributed by atoms with Gasteiger partial charge in [0.05, 0.1) is 6.61 Å². The zero-order valence-electron chi connectivity index (χ0n) is 16.9. The highest BCUT2D eigenvalue weighted by molar-refractivity contribution is 7.99. The summed E-state index contributed by atoms with van der Waals surface area (Å²) in [5, 5.41) is 3.07. The normalized spacial score (nSPS) is 14.0. The van der Waals surface area contributed by atoms with Gasteiger partial charge in [-0.2, -0.15) is 11.8 Å². The van der Waals surface area contributed by atoms with Crippen molar-refractivity contribution in [3.8, 4) is 0 Å². The molecule has 5 nitrogen and oxygen atoms in total. The number of unbranched alkanes of at least 4 members (excludes halogenated alkanes) is 4. The molecule has 25 heavy (non-hydrogen) atoms. The van der Waals surface area contributed by atoms with Gasteiger partial charge in [0.2, 0.25) is 0 Å². The van der Waals surface area contributed by atoms with E-state index in [1.165, 1.54) is 25.7 Å². The molecule has 0 aromatic heterocycles. The second kappa shape index (κ2) is 13.5. The molecule has 1 N–H and O–H groups in total. The highest BCUT2D eigenvalue weighted by Crippen LogP contribution is 2.12. The second-order valence-electron chi connectivity index (χ2n) is 7.22. The molecule has 0 bridgehead atoms. The van der Waals surface area contributed by atoms with Crippen molar-refractivity contribution in [1.82, 2.24) is 5.32 Å². The van der Waals surface area contributed by atoms with Gasteiger partial charge < -0.3 is 9.47 Å². The Balaban J connectivity index is 4.38. The lowest BCUT2D eigenvalue weighted by atomic mass is 10.2. The minimum Gasteiger partial charge on any atom is -0.465 e. The zero-order valence-corrected chi connectivity index (χ0v) is 17.7. The third-order valence-corrected chi connectivity index (χ3v) is 4.61. The first-order valence-electron chi connectivity index (χ1n) is 9.44. The molecule has 0 aliphatic rings. The predicted molar refractivity (Wildman–Crippen MR) is 105 cm³/mol. The van der Waals surface area contributed by atoms with Gasteiger partial charge in [-0.3, -0.25) is 14.9 Å². The molecule has 0 saturated carbocycles. The van der Waals surface area contributed by atoms with E-state index in [4.69, 9.17) is 9.47 Å². The second-order valence-corrected chi connectivity index (χ2v) is 8.37. The van der Waals surface area contributed by atoms with Gasteiger partial charge in [0.1, 0.15) is 17.7 Å². The lowest BCUT2D eigenvalue weighted by Crippen LogP contribution is -2.49. The summed E-state index contributed by atoms with van der Waals surface area (Å²) in [6, 6.07) is -1.05. The topological polar surface area (TPSA) is 64.6 Å². The average Bonchev–Trinajstić information content (AvgIpc) is 2.51. The van der Waals surface area contributed by atoms with E-state index in [-0.39, 0.29) is 11.9 Å². The van der Waals surface area contributed by atoms with Crippen molar-refractivity contribution in [2.75, 3.05) is 18.1 Å². The number of hydrogen-bond acceptors (Lipinski definition) is 6. The fraction of sp³-hybridized carbons (Fsp3) is 0.895. The Morgan fingerprint density at radius 1 is 1.04 bits per heavy atom. The van der Waals surface area contributed by atoms with Crippen molar-refractivity contribution < 1.29 is 19.1 Å². The van der Waals surface area contributed by atoms with Crippen molar-refractivity contribution in [2.24, 2.45) is 0 Å². The first-order chi connectivity index (χ1) is 11.7. The van der Waals surface area contributed by atoms with Crippen LogP contribution in [0.1, 0.15) is 73.6 Å². The molecule has 6 heteroatoms. The van der Waals surface area contributed by atoms with E-state index >= 15 is 0 Å². The summed E-state index contributed by atoms with van der Waals surface area (Å²) in [6.07, 6.45) is 6.18. The van der Waals surface area contributed by atoms with E-state index in [2.05, 4.69) is 12.2 Å². The highest BCUT2D eigenvalue weighted by Gasteiger charge is 2.27. The SMILES string of the molecule is CCCCCCCSC[C@H](N[C@@H](C)C(=O)OC(C)(C)C)C(=O)OCC.